The Bertz CT molecular complexity index is 711. The van der Waals surface area contributed by atoms with Crippen molar-refractivity contribution >= 4 is 11.7 Å². The van der Waals surface area contributed by atoms with Crippen LogP contribution in [0, 0.1) is 0 Å². The second kappa shape index (κ2) is 6.16. The number of likely N-dealkylation sites (tertiary alicyclic amines) is 1. The number of ether oxygens (including phenoxy) is 1. The summed E-state index contributed by atoms with van der Waals surface area (Å²) < 4.78 is 6.10. The zero-order valence-electron chi connectivity index (χ0n) is 13.3. The number of hydrogen-bond donors (Lipinski definition) is 0. The van der Waals surface area contributed by atoms with Crippen LogP contribution in [0.1, 0.15) is 16.8 Å². The van der Waals surface area contributed by atoms with Crippen molar-refractivity contribution in [1.82, 2.24) is 20.1 Å². The van der Waals surface area contributed by atoms with Gasteiger partial charge in [-0.2, -0.15) is 10.2 Å². The minimum atomic E-state index is -0.314. The average Bonchev–Trinajstić information content (AvgIpc) is 3.06. The number of carbonyl (C=O) groups is 1. The van der Waals surface area contributed by atoms with E-state index in [9.17, 15) is 4.79 Å². The highest BCUT2D eigenvalue weighted by molar-refractivity contribution is 5.94. The van der Waals surface area contributed by atoms with Crippen LogP contribution in [0.5, 0.6) is 0 Å². The van der Waals surface area contributed by atoms with Gasteiger partial charge in [-0.3, -0.25) is 4.79 Å². The first-order chi connectivity index (χ1) is 11.8. The monoisotopic (exact) mass is 325 g/mol. The maximum absolute atomic E-state index is 12.6. The van der Waals surface area contributed by atoms with Gasteiger partial charge in [-0.25, -0.2) is 4.98 Å². The molecule has 4 heterocycles. The fourth-order valence-corrected chi connectivity index (χ4v) is 3.45. The molecule has 4 rings (SSSR count). The Morgan fingerprint density at radius 2 is 2.08 bits per heavy atom. The van der Waals surface area contributed by atoms with E-state index in [-0.39, 0.29) is 11.5 Å². The van der Waals surface area contributed by atoms with Crippen molar-refractivity contribution in [1.29, 1.82) is 0 Å². The molecule has 0 saturated carbocycles. The van der Waals surface area contributed by atoms with Crippen LogP contribution >= 0.6 is 0 Å². The lowest BCUT2D eigenvalue weighted by molar-refractivity contribution is -0.0460. The van der Waals surface area contributed by atoms with Crippen molar-refractivity contribution in [2.75, 3.05) is 37.7 Å². The highest BCUT2D eigenvalue weighted by atomic mass is 16.5. The lowest BCUT2D eigenvalue weighted by Crippen LogP contribution is -2.54. The number of aromatic nitrogens is 3. The van der Waals surface area contributed by atoms with Crippen molar-refractivity contribution in [3.8, 4) is 0 Å². The van der Waals surface area contributed by atoms with Crippen LogP contribution in [-0.2, 0) is 4.74 Å². The normalized spacial score (nSPS) is 23.7. The van der Waals surface area contributed by atoms with Crippen LogP contribution in [0.25, 0.3) is 0 Å². The third kappa shape index (κ3) is 2.82. The first-order valence-corrected chi connectivity index (χ1v) is 8.12. The van der Waals surface area contributed by atoms with E-state index >= 15 is 0 Å². The fraction of sp³-hybridized carbons (Fsp3) is 0.412. The quantitative estimate of drug-likeness (QED) is 0.820. The van der Waals surface area contributed by atoms with Gasteiger partial charge in [-0.15, -0.1) is 0 Å². The summed E-state index contributed by atoms with van der Waals surface area (Å²) >= 11 is 0. The number of pyridine rings is 1. The van der Waals surface area contributed by atoms with E-state index in [1.165, 1.54) is 6.20 Å². The Hall–Kier alpha value is -2.54. The summed E-state index contributed by atoms with van der Waals surface area (Å²) in [6, 6.07) is 7.62. The van der Waals surface area contributed by atoms with Crippen LogP contribution in [0.4, 0.5) is 5.82 Å². The molecule has 7 nitrogen and oxygen atoms in total. The SMILES string of the molecule is O=C(c1ccnnc1)N1CCC2(C1)CN(c1ccccn1)CCO2. The Kier molecular flexibility index (Phi) is 3.86. The predicted molar refractivity (Wildman–Crippen MR) is 87.7 cm³/mol. The van der Waals surface area contributed by atoms with Gasteiger partial charge in [0.05, 0.1) is 37.7 Å². The molecule has 0 bridgehead atoms. The summed E-state index contributed by atoms with van der Waals surface area (Å²) in [5.41, 5.74) is 0.255. The molecule has 2 aromatic heterocycles. The second-order valence-electron chi connectivity index (χ2n) is 6.25. The summed E-state index contributed by atoms with van der Waals surface area (Å²) in [6.07, 6.45) is 5.69. The number of carbonyl (C=O) groups excluding carboxylic acids is 1. The number of rotatable bonds is 2. The van der Waals surface area contributed by atoms with E-state index in [0.717, 1.165) is 25.3 Å². The van der Waals surface area contributed by atoms with Crippen LogP contribution in [0.2, 0.25) is 0 Å². The zero-order valence-corrected chi connectivity index (χ0v) is 13.3. The predicted octanol–water partition coefficient (Wildman–Crippen LogP) is 0.993. The molecule has 0 aromatic carbocycles. The molecule has 1 spiro atoms. The molecule has 0 radical (unpaired) electrons. The van der Waals surface area contributed by atoms with Crippen LogP contribution < -0.4 is 4.90 Å². The lowest BCUT2D eigenvalue weighted by Gasteiger charge is -2.40. The van der Waals surface area contributed by atoms with E-state index in [1.54, 1.807) is 18.5 Å². The summed E-state index contributed by atoms with van der Waals surface area (Å²) in [4.78, 5) is 21.1. The third-order valence-corrected chi connectivity index (χ3v) is 4.66. The van der Waals surface area contributed by atoms with Crippen LogP contribution in [0.15, 0.2) is 42.9 Å². The molecule has 7 heteroatoms. The highest BCUT2D eigenvalue weighted by Gasteiger charge is 2.44. The number of amides is 1. The van der Waals surface area contributed by atoms with Crippen molar-refractivity contribution < 1.29 is 9.53 Å². The van der Waals surface area contributed by atoms with E-state index < -0.39 is 0 Å². The molecule has 2 saturated heterocycles. The van der Waals surface area contributed by atoms with Crippen molar-refractivity contribution in [3.05, 3.63) is 48.4 Å². The molecule has 124 valence electrons. The van der Waals surface area contributed by atoms with Gasteiger partial charge in [0.2, 0.25) is 0 Å². The zero-order chi connectivity index (χ0) is 16.4. The van der Waals surface area contributed by atoms with Crippen molar-refractivity contribution in [2.45, 2.75) is 12.0 Å². The molecule has 0 aliphatic carbocycles. The highest BCUT2D eigenvalue weighted by Crippen LogP contribution is 2.31. The minimum Gasteiger partial charge on any atom is -0.369 e. The summed E-state index contributed by atoms with van der Waals surface area (Å²) in [5, 5.41) is 7.51. The maximum Gasteiger partial charge on any atom is 0.255 e. The largest absolute Gasteiger partial charge is 0.369 e. The molecule has 2 aliphatic rings. The fourth-order valence-electron chi connectivity index (χ4n) is 3.45. The molecule has 2 fully saturated rings. The summed E-state index contributed by atoms with van der Waals surface area (Å²) in [7, 11) is 0. The molecular formula is C17H19N5O2. The topological polar surface area (TPSA) is 71.5 Å². The molecule has 0 N–H and O–H groups in total. The van der Waals surface area contributed by atoms with Gasteiger partial charge in [0.15, 0.2) is 0 Å². The molecule has 2 aromatic rings. The molecule has 1 unspecified atom stereocenters. The molecular weight excluding hydrogens is 306 g/mol. The van der Waals surface area contributed by atoms with Crippen molar-refractivity contribution in [2.24, 2.45) is 0 Å². The first kappa shape index (κ1) is 15.0. The van der Waals surface area contributed by atoms with Crippen LogP contribution in [-0.4, -0.2) is 64.4 Å². The Labute approximate surface area is 140 Å². The van der Waals surface area contributed by atoms with Gasteiger partial charge in [0, 0.05) is 19.3 Å². The smallest absolute Gasteiger partial charge is 0.255 e. The number of morpholine rings is 1. The maximum atomic E-state index is 12.6. The second-order valence-corrected chi connectivity index (χ2v) is 6.25. The summed E-state index contributed by atoms with van der Waals surface area (Å²) in [5.74, 6) is 0.948. The van der Waals surface area contributed by atoms with Gasteiger partial charge < -0.3 is 14.5 Å². The van der Waals surface area contributed by atoms with Crippen molar-refractivity contribution in [3.63, 3.8) is 0 Å². The molecule has 1 atom stereocenters. The number of hydrogen-bond acceptors (Lipinski definition) is 6. The lowest BCUT2D eigenvalue weighted by atomic mass is 10.0. The molecule has 24 heavy (non-hydrogen) atoms. The van der Waals surface area contributed by atoms with Gasteiger partial charge >= 0.3 is 0 Å². The van der Waals surface area contributed by atoms with E-state index in [4.69, 9.17) is 4.74 Å². The van der Waals surface area contributed by atoms with Gasteiger partial charge in [0.1, 0.15) is 11.4 Å². The molecule has 2 aliphatic heterocycles. The number of anilines is 1. The first-order valence-electron chi connectivity index (χ1n) is 8.12. The van der Waals surface area contributed by atoms with E-state index in [1.807, 2.05) is 23.1 Å². The molecule has 1 amide bonds. The van der Waals surface area contributed by atoms with E-state index in [0.29, 0.717) is 25.3 Å². The average molecular weight is 325 g/mol. The Morgan fingerprint density at radius 1 is 1.12 bits per heavy atom. The van der Waals surface area contributed by atoms with Crippen LogP contribution in [0.3, 0.4) is 0 Å². The third-order valence-electron chi connectivity index (χ3n) is 4.66. The van der Waals surface area contributed by atoms with Gasteiger partial charge in [0.25, 0.3) is 5.91 Å². The standard InChI is InChI=1S/C17H19N5O2/c23-16(14-4-7-19-20-11-14)22-8-5-17(13-22)12-21(9-10-24-17)15-3-1-2-6-18-15/h1-4,6-7,11H,5,8-10,12-13H2. The van der Waals surface area contributed by atoms with E-state index in [2.05, 4.69) is 20.1 Å². The minimum absolute atomic E-state index is 0.0136. The van der Waals surface area contributed by atoms with Gasteiger partial charge in [-0.05, 0) is 24.6 Å². The summed E-state index contributed by atoms with van der Waals surface area (Å²) in [6.45, 7) is 3.51. The number of nitrogens with zero attached hydrogens (tertiary/aromatic N) is 5. The Morgan fingerprint density at radius 3 is 2.88 bits per heavy atom. The van der Waals surface area contributed by atoms with Gasteiger partial charge in [-0.1, -0.05) is 6.07 Å². The Balaban J connectivity index is 1.48.